The summed E-state index contributed by atoms with van der Waals surface area (Å²) < 4.78 is 5.30. The lowest BCUT2D eigenvalue weighted by Crippen LogP contribution is -2.49. The van der Waals surface area contributed by atoms with E-state index in [4.69, 9.17) is 4.74 Å². The summed E-state index contributed by atoms with van der Waals surface area (Å²) >= 11 is 0. The molecule has 4 rings (SSSR count). The Morgan fingerprint density at radius 3 is 2.59 bits per heavy atom. The molecule has 0 unspecified atom stereocenters. The van der Waals surface area contributed by atoms with E-state index in [0.717, 1.165) is 42.8 Å². The third-order valence-corrected chi connectivity index (χ3v) is 7.33. The summed E-state index contributed by atoms with van der Waals surface area (Å²) in [5.41, 5.74) is 4.19. The predicted molar refractivity (Wildman–Crippen MR) is 164 cm³/mol. The predicted octanol–water partition coefficient (Wildman–Crippen LogP) is 4.18. The number of rotatable bonds is 15. The van der Waals surface area contributed by atoms with Crippen LogP contribution in [0.15, 0.2) is 72.8 Å². The normalized spacial score (nSPS) is 14.5. The molecule has 1 saturated heterocycles. The molecule has 1 aliphatic heterocycles. The molecule has 41 heavy (non-hydrogen) atoms. The van der Waals surface area contributed by atoms with Gasteiger partial charge in [0, 0.05) is 43.0 Å². The zero-order chi connectivity index (χ0) is 29.0. The molecule has 3 aromatic carbocycles. The molecule has 0 aromatic heterocycles. The Morgan fingerprint density at radius 1 is 1.05 bits per heavy atom. The van der Waals surface area contributed by atoms with Gasteiger partial charge in [0.15, 0.2) is 0 Å². The van der Waals surface area contributed by atoms with E-state index in [1.54, 1.807) is 24.1 Å². The molecule has 2 amide bonds. The number of carbonyl (C=O) groups excluding carboxylic acids is 2. The van der Waals surface area contributed by atoms with Crippen LogP contribution in [0.4, 0.5) is 11.4 Å². The molecule has 1 aliphatic rings. The lowest BCUT2D eigenvalue weighted by Gasteiger charge is -2.25. The van der Waals surface area contributed by atoms with Gasteiger partial charge in [-0.05, 0) is 80.6 Å². The van der Waals surface area contributed by atoms with Gasteiger partial charge in [-0.25, -0.2) is 0 Å². The number of amides is 2. The minimum absolute atomic E-state index is 0.0693. The van der Waals surface area contributed by atoms with Crippen molar-refractivity contribution in [3.8, 4) is 5.75 Å². The molecule has 0 aliphatic carbocycles. The molecule has 218 valence electrons. The van der Waals surface area contributed by atoms with Crippen LogP contribution >= 0.6 is 0 Å². The molecule has 0 radical (unpaired) electrons. The Morgan fingerprint density at radius 2 is 1.85 bits per heavy atom. The third-order valence-electron chi connectivity index (χ3n) is 7.33. The summed E-state index contributed by atoms with van der Waals surface area (Å²) in [5, 5.41) is 20.9. The number of ether oxygens (including phenoxy) is 1. The smallest absolute Gasteiger partial charge is 0.251 e. The lowest BCUT2D eigenvalue weighted by molar-refractivity contribution is -0.117. The van der Waals surface area contributed by atoms with Crippen molar-refractivity contribution in [1.29, 1.82) is 0 Å². The molecule has 3 aromatic rings. The standard InChI is InChI=1S/C33H42N4O4/c1-3-35-27-20-26(21-28(22-27)37-17-9-15-32(37)39)33(40)36-30(19-25-10-5-4-6-11-25)31(38)23-34-16-8-13-24-12-7-14-29(18-24)41-2/h4-7,10-12,14,18,20-22,30-31,34-35,38H,3,8-9,13,15-17,19,23H2,1-2H3,(H,36,40)/t30-,31-/m0/s1. The number of hydrogen-bond acceptors (Lipinski definition) is 6. The summed E-state index contributed by atoms with van der Waals surface area (Å²) in [6, 6.07) is 22.9. The number of methoxy groups -OCH3 is 1. The first-order valence-electron chi connectivity index (χ1n) is 14.5. The van der Waals surface area contributed by atoms with Crippen LogP contribution in [0.3, 0.4) is 0 Å². The SMILES string of the molecule is CCNc1cc(C(=O)N[C@@H](Cc2ccccc2)[C@@H](O)CNCCCc2cccc(OC)c2)cc(N2CCCC2=O)c1. The van der Waals surface area contributed by atoms with Crippen LogP contribution < -0.4 is 25.6 Å². The summed E-state index contributed by atoms with van der Waals surface area (Å²) in [7, 11) is 1.67. The first-order chi connectivity index (χ1) is 20.0. The molecule has 1 fully saturated rings. The second-order valence-electron chi connectivity index (χ2n) is 10.4. The lowest BCUT2D eigenvalue weighted by atomic mass is 10.00. The van der Waals surface area contributed by atoms with Gasteiger partial charge >= 0.3 is 0 Å². The summed E-state index contributed by atoms with van der Waals surface area (Å²) in [4.78, 5) is 27.7. The Bertz CT molecular complexity index is 1280. The number of benzene rings is 3. The van der Waals surface area contributed by atoms with E-state index in [0.29, 0.717) is 43.7 Å². The maximum absolute atomic E-state index is 13.6. The molecule has 8 nitrogen and oxygen atoms in total. The third kappa shape index (κ3) is 8.80. The highest BCUT2D eigenvalue weighted by Gasteiger charge is 2.25. The second-order valence-corrected chi connectivity index (χ2v) is 10.4. The monoisotopic (exact) mass is 558 g/mol. The highest BCUT2D eigenvalue weighted by Crippen LogP contribution is 2.27. The molecule has 0 bridgehead atoms. The van der Waals surface area contributed by atoms with Crippen LogP contribution in [0.25, 0.3) is 0 Å². The van der Waals surface area contributed by atoms with Gasteiger partial charge in [-0.15, -0.1) is 0 Å². The quantitative estimate of drug-likeness (QED) is 0.209. The number of nitrogens with zero attached hydrogens (tertiary/aromatic N) is 1. The van der Waals surface area contributed by atoms with Crippen molar-refractivity contribution in [2.45, 2.75) is 51.2 Å². The van der Waals surface area contributed by atoms with Crippen LogP contribution in [-0.2, 0) is 17.6 Å². The van der Waals surface area contributed by atoms with Crippen LogP contribution in [-0.4, -0.2) is 62.4 Å². The maximum Gasteiger partial charge on any atom is 0.251 e. The number of aliphatic hydroxyl groups is 1. The van der Waals surface area contributed by atoms with Gasteiger partial charge in [0.25, 0.3) is 5.91 Å². The van der Waals surface area contributed by atoms with Crippen molar-refractivity contribution < 1.29 is 19.4 Å². The molecule has 1 heterocycles. The maximum atomic E-state index is 13.6. The van der Waals surface area contributed by atoms with E-state index < -0.39 is 12.1 Å². The number of anilines is 2. The topological polar surface area (TPSA) is 103 Å². The fraction of sp³-hybridized carbons (Fsp3) is 0.394. The molecular weight excluding hydrogens is 516 g/mol. The van der Waals surface area contributed by atoms with Gasteiger partial charge in [0.1, 0.15) is 5.75 Å². The van der Waals surface area contributed by atoms with Crippen molar-refractivity contribution in [2.24, 2.45) is 0 Å². The van der Waals surface area contributed by atoms with Crippen molar-refractivity contribution in [1.82, 2.24) is 10.6 Å². The van der Waals surface area contributed by atoms with Gasteiger partial charge in [-0.3, -0.25) is 9.59 Å². The van der Waals surface area contributed by atoms with Crippen LogP contribution in [0, 0.1) is 0 Å². The Hall–Kier alpha value is -3.88. The zero-order valence-electron chi connectivity index (χ0n) is 24.1. The number of hydrogen-bond donors (Lipinski definition) is 4. The number of nitrogens with one attached hydrogen (secondary N) is 3. The van der Waals surface area contributed by atoms with E-state index in [-0.39, 0.29) is 11.8 Å². The fourth-order valence-electron chi connectivity index (χ4n) is 5.17. The Balaban J connectivity index is 1.41. The van der Waals surface area contributed by atoms with E-state index in [2.05, 4.69) is 22.0 Å². The highest BCUT2D eigenvalue weighted by molar-refractivity contribution is 6.00. The first kappa shape index (κ1) is 30.1. The van der Waals surface area contributed by atoms with Gasteiger partial charge in [0.05, 0.1) is 19.3 Å². The van der Waals surface area contributed by atoms with Gasteiger partial charge < -0.3 is 30.7 Å². The van der Waals surface area contributed by atoms with Crippen molar-refractivity contribution in [3.05, 3.63) is 89.5 Å². The molecule has 2 atom stereocenters. The van der Waals surface area contributed by atoms with E-state index >= 15 is 0 Å². The van der Waals surface area contributed by atoms with E-state index in [9.17, 15) is 14.7 Å². The highest BCUT2D eigenvalue weighted by atomic mass is 16.5. The average Bonchev–Trinajstić information content (AvgIpc) is 3.43. The van der Waals surface area contributed by atoms with Crippen molar-refractivity contribution in [2.75, 3.05) is 43.5 Å². The molecule has 0 saturated carbocycles. The molecular formula is C33H42N4O4. The van der Waals surface area contributed by atoms with Crippen LogP contribution in [0.2, 0.25) is 0 Å². The average molecular weight is 559 g/mol. The Labute approximate surface area is 243 Å². The molecule has 8 heteroatoms. The summed E-state index contributed by atoms with van der Waals surface area (Å²) in [6.07, 6.45) is 2.82. The van der Waals surface area contributed by atoms with Crippen molar-refractivity contribution in [3.63, 3.8) is 0 Å². The summed E-state index contributed by atoms with van der Waals surface area (Å²) in [6.45, 7) is 4.41. The second kappa shape index (κ2) is 15.2. The minimum Gasteiger partial charge on any atom is -0.497 e. The Kier molecular flexibility index (Phi) is 11.2. The van der Waals surface area contributed by atoms with Gasteiger partial charge in [-0.1, -0.05) is 42.5 Å². The first-order valence-corrected chi connectivity index (χ1v) is 14.5. The van der Waals surface area contributed by atoms with Gasteiger partial charge in [-0.2, -0.15) is 0 Å². The van der Waals surface area contributed by atoms with Gasteiger partial charge in [0.2, 0.25) is 5.91 Å². The van der Waals surface area contributed by atoms with E-state index in [1.165, 1.54) is 5.56 Å². The minimum atomic E-state index is -0.799. The summed E-state index contributed by atoms with van der Waals surface area (Å²) in [5.74, 6) is 0.635. The number of aliphatic hydroxyl groups excluding tert-OH is 1. The van der Waals surface area contributed by atoms with Crippen LogP contribution in [0.5, 0.6) is 5.75 Å². The zero-order valence-corrected chi connectivity index (χ0v) is 24.1. The van der Waals surface area contributed by atoms with E-state index in [1.807, 2.05) is 61.5 Å². The largest absolute Gasteiger partial charge is 0.497 e. The molecule has 4 N–H and O–H groups in total. The number of aryl methyl sites for hydroxylation is 1. The van der Waals surface area contributed by atoms with Crippen LogP contribution in [0.1, 0.15) is 47.7 Å². The number of carbonyl (C=O) groups is 2. The fourth-order valence-corrected chi connectivity index (χ4v) is 5.17. The van der Waals surface area contributed by atoms with Crippen molar-refractivity contribution >= 4 is 23.2 Å². The molecule has 0 spiro atoms.